The maximum atomic E-state index is 12.9. The summed E-state index contributed by atoms with van der Waals surface area (Å²) >= 11 is 1.40. The summed E-state index contributed by atoms with van der Waals surface area (Å²) in [5, 5.41) is 3.25. The summed E-state index contributed by atoms with van der Waals surface area (Å²) < 4.78 is 0. The molecule has 5 nitrogen and oxygen atoms in total. The van der Waals surface area contributed by atoms with E-state index in [1.54, 1.807) is 4.90 Å². The normalized spacial score (nSPS) is 20.6. The summed E-state index contributed by atoms with van der Waals surface area (Å²) in [6.07, 6.45) is 2.15. The molecule has 0 radical (unpaired) electrons. The Morgan fingerprint density at radius 1 is 1.18 bits per heavy atom. The molecule has 2 amide bonds. The van der Waals surface area contributed by atoms with Crippen LogP contribution in [0.4, 0.5) is 11.4 Å². The third-order valence-electron chi connectivity index (χ3n) is 4.90. The van der Waals surface area contributed by atoms with E-state index in [4.69, 9.17) is 0 Å². The number of anilines is 1. The van der Waals surface area contributed by atoms with E-state index in [2.05, 4.69) is 10.3 Å². The Hall–Kier alpha value is -2.60. The molecule has 4 rings (SSSR count). The second-order valence-corrected chi connectivity index (χ2v) is 8.52. The highest BCUT2D eigenvalue weighted by atomic mass is 32.2. The lowest BCUT2D eigenvalue weighted by Crippen LogP contribution is -2.35. The van der Waals surface area contributed by atoms with Crippen LogP contribution in [0.2, 0.25) is 0 Å². The summed E-state index contributed by atoms with van der Waals surface area (Å²) in [6.45, 7) is 3.95. The second kappa shape index (κ2) is 7.80. The van der Waals surface area contributed by atoms with Crippen LogP contribution in [-0.4, -0.2) is 33.2 Å². The predicted molar refractivity (Wildman–Crippen MR) is 114 cm³/mol. The number of carbonyl (C=O) groups excluding carboxylic acids is 2. The first-order valence-corrected chi connectivity index (χ1v) is 10.4. The van der Waals surface area contributed by atoms with Crippen molar-refractivity contribution in [3.63, 3.8) is 0 Å². The topological polar surface area (TPSA) is 61.8 Å². The molecule has 0 unspecified atom stereocenters. The van der Waals surface area contributed by atoms with Crippen molar-refractivity contribution in [2.75, 3.05) is 5.32 Å². The fraction of sp³-hybridized carbons (Fsp3) is 0.318. The molecule has 1 saturated heterocycles. The van der Waals surface area contributed by atoms with Crippen molar-refractivity contribution in [1.82, 2.24) is 4.90 Å². The lowest BCUT2D eigenvalue weighted by molar-refractivity contribution is -0.128. The molecule has 28 heavy (non-hydrogen) atoms. The minimum atomic E-state index is -0.423. The van der Waals surface area contributed by atoms with Crippen LogP contribution in [0.5, 0.6) is 0 Å². The SMILES string of the molecule is Cc1ccc(C)c(NC(=O)C[C@H]2SC(=Nc3ccccc3)N(C3CC3)C2=O)c1. The number of amidine groups is 1. The summed E-state index contributed by atoms with van der Waals surface area (Å²) in [7, 11) is 0. The number of thioether (sulfide) groups is 1. The van der Waals surface area contributed by atoms with Gasteiger partial charge in [-0.25, -0.2) is 4.99 Å². The molecule has 2 aliphatic rings. The highest BCUT2D eigenvalue weighted by Gasteiger charge is 2.46. The van der Waals surface area contributed by atoms with Crippen molar-refractivity contribution in [3.8, 4) is 0 Å². The minimum absolute atomic E-state index is 0.00158. The molecule has 0 aromatic heterocycles. The van der Waals surface area contributed by atoms with Crippen LogP contribution in [-0.2, 0) is 9.59 Å². The Morgan fingerprint density at radius 3 is 2.64 bits per heavy atom. The average Bonchev–Trinajstić information content (AvgIpc) is 3.45. The van der Waals surface area contributed by atoms with Gasteiger partial charge in [0.05, 0.1) is 5.69 Å². The largest absolute Gasteiger partial charge is 0.326 e. The molecule has 144 valence electrons. The maximum Gasteiger partial charge on any atom is 0.242 e. The molecule has 0 spiro atoms. The molecular weight excluding hydrogens is 370 g/mol. The van der Waals surface area contributed by atoms with E-state index >= 15 is 0 Å². The quantitative estimate of drug-likeness (QED) is 0.818. The maximum absolute atomic E-state index is 12.9. The zero-order chi connectivity index (χ0) is 19.7. The van der Waals surface area contributed by atoms with Crippen LogP contribution in [0, 0.1) is 13.8 Å². The van der Waals surface area contributed by atoms with Gasteiger partial charge >= 0.3 is 0 Å². The summed E-state index contributed by atoms with van der Waals surface area (Å²) in [4.78, 5) is 32.0. The molecule has 6 heteroatoms. The van der Waals surface area contributed by atoms with Gasteiger partial charge in [-0.05, 0) is 56.0 Å². The number of hydrogen-bond donors (Lipinski definition) is 1. The van der Waals surface area contributed by atoms with Crippen molar-refractivity contribution in [3.05, 3.63) is 59.7 Å². The number of nitrogens with zero attached hydrogens (tertiary/aromatic N) is 2. The number of aryl methyl sites for hydroxylation is 2. The first kappa shape index (κ1) is 18.7. The lowest BCUT2D eigenvalue weighted by atomic mass is 10.1. The van der Waals surface area contributed by atoms with E-state index < -0.39 is 5.25 Å². The minimum Gasteiger partial charge on any atom is -0.326 e. The second-order valence-electron chi connectivity index (χ2n) is 7.35. The highest BCUT2D eigenvalue weighted by Crippen LogP contribution is 2.39. The number of nitrogens with one attached hydrogen (secondary N) is 1. The van der Waals surface area contributed by atoms with Crippen LogP contribution in [0.25, 0.3) is 0 Å². The first-order valence-electron chi connectivity index (χ1n) is 9.52. The molecule has 2 aromatic carbocycles. The van der Waals surface area contributed by atoms with Crippen LogP contribution in [0.15, 0.2) is 53.5 Å². The zero-order valence-electron chi connectivity index (χ0n) is 16.0. The monoisotopic (exact) mass is 393 g/mol. The number of amides is 2. The van der Waals surface area contributed by atoms with Gasteiger partial charge < -0.3 is 5.32 Å². The van der Waals surface area contributed by atoms with Crippen LogP contribution in [0.3, 0.4) is 0 Å². The molecule has 1 N–H and O–H groups in total. The van der Waals surface area contributed by atoms with Gasteiger partial charge in [-0.3, -0.25) is 14.5 Å². The fourth-order valence-electron chi connectivity index (χ4n) is 3.21. The van der Waals surface area contributed by atoms with Crippen molar-refractivity contribution in [2.24, 2.45) is 4.99 Å². The molecule has 2 aromatic rings. The molecule has 0 bridgehead atoms. The number of rotatable bonds is 5. The zero-order valence-corrected chi connectivity index (χ0v) is 16.8. The van der Waals surface area contributed by atoms with Crippen LogP contribution < -0.4 is 5.32 Å². The molecular formula is C22H23N3O2S. The smallest absolute Gasteiger partial charge is 0.242 e. The number of para-hydroxylation sites is 1. The van der Waals surface area contributed by atoms with Gasteiger partial charge in [0.15, 0.2) is 5.17 Å². The Labute approximate surface area is 169 Å². The van der Waals surface area contributed by atoms with E-state index in [9.17, 15) is 9.59 Å². The molecule has 1 heterocycles. The Kier molecular flexibility index (Phi) is 5.22. The third kappa shape index (κ3) is 4.12. The van der Waals surface area contributed by atoms with Crippen LogP contribution in [0.1, 0.15) is 30.4 Å². The Bertz CT molecular complexity index is 938. The Morgan fingerprint density at radius 2 is 1.93 bits per heavy atom. The molecule has 1 atom stereocenters. The molecule has 2 fully saturated rings. The van der Waals surface area contributed by atoms with Crippen molar-refractivity contribution in [1.29, 1.82) is 0 Å². The van der Waals surface area contributed by atoms with E-state index in [0.717, 1.165) is 35.3 Å². The van der Waals surface area contributed by atoms with Gasteiger partial charge in [-0.15, -0.1) is 0 Å². The van der Waals surface area contributed by atoms with E-state index in [1.807, 2.05) is 62.4 Å². The van der Waals surface area contributed by atoms with Crippen LogP contribution >= 0.6 is 11.8 Å². The van der Waals surface area contributed by atoms with Gasteiger partial charge in [0.2, 0.25) is 11.8 Å². The van der Waals surface area contributed by atoms with E-state index in [0.29, 0.717) is 5.17 Å². The number of hydrogen-bond acceptors (Lipinski definition) is 4. The predicted octanol–water partition coefficient (Wildman–Crippen LogP) is 4.43. The van der Waals surface area contributed by atoms with Gasteiger partial charge in [0.1, 0.15) is 5.25 Å². The summed E-state index contributed by atoms with van der Waals surface area (Å²) in [5.74, 6) is -0.144. The van der Waals surface area contributed by atoms with Gasteiger partial charge in [-0.1, -0.05) is 42.1 Å². The lowest BCUT2D eigenvalue weighted by Gasteiger charge is -2.15. The number of carbonyl (C=O) groups is 2. The third-order valence-corrected chi connectivity index (χ3v) is 6.05. The van der Waals surface area contributed by atoms with Crippen molar-refractivity contribution >= 4 is 40.1 Å². The number of aliphatic imine (C=N–C) groups is 1. The molecule has 1 aliphatic heterocycles. The standard InChI is InChI=1S/C22H23N3O2S/c1-14-8-9-15(2)18(12-14)24-20(26)13-19-21(27)25(17-10-11-17)22(28-19)23-16-6-4-3-5-7-16/h3-9,12,17,19H,10-11,13H2,1-2H3,(H,24,26)/t19-/m1/s1. The van der Waals surface area contributed by atoms with Gasteiger partial charge in [-0.2, -0.15) is 0 Å². The fourth-order valence-corrected chi connectivity index (χ4v) is 4.43. The number of benzene rings is 2. The average molecular weight is 394 g/mol. The van der Waals surface area contributed by atoms with Gasteiger partial charge in [0.25, 0.3) is 0 Å². The van der Waals surface area contributed by atoms with Crippen molar-refractivity contribution < 1.29 is 9.59 Å². The van der Waals surface area contributed by atoms with E-state index in [-0.39, 0.29) is 24.3 Å². The van der Waals surface area contributed by atoms with Gasteiger partial charge in [0, 0.05) is 18.2 Å². The Balaban J connectivity index is 1.49. The highest BCUT2D eigenvalue weighted by molar-refractivity contribution is 8.15. The van der Waals surface area contributed by atoms with Crippen molar-refractivity contribution in [2.45, 2.75) is 44.4 Å². The summed E-state index contributed by atoms with van der Waals surface area (Å²) in [5.41, 5.74) is 3.72. The molecule has 1 aliphatic carbocycles. The first-order chi connectivity index (χ1) is 13.5. The summed E-state index contributed by atoms with van der Waals surface area (Å²) in [6, 6.07) is 15.8. The van der Waals surface area contributed by atoms with E-state index in [1.165, 1.54) is 11.8 Å². The molecule has 1 saturated carbocycles.